The molecule has 0 radical (unpaired) electrons. The molecule has 114 valence electrons. The number of nitrogens with zero attached hydrogens (tertiary/aromatic N) is 2. The molecular formula is C16H23N3OS. The molecule has 5 heteroatoms. The summed E-state index contributed by atoms with van der Waals surface area (Å²) >= 11 is 1.56. The van der Waals surface area contributed by atoms with Crippen molar-refractivity contribution in [2.45, 2.75) is 51.1 Å². The molecule has 1 unspecified atom stereocenters. The minimum absolute atomic E-state index is 0.174. The van der Waals surface area contributed by atoms with Gasteiger partial charge >= 0.3 is 0 Å². The van der Waals surface area contributed by atoms with Gasteiger partial charge in [-0.2, -0.15) is 0 Å². The third kappa shape index (κ3) is 4.58. The fourth-order valence-electron chi connectivity index (χ4n) is 2.13. The standard InChI is InChI=1S/C16H23N3OS/c1-10(2)7-14(17)15-18-19-16(20-15)21-9-13-8-11(3)5-6-12(13)4/h5-6,8,10,14H,7,9,17H2,1-4H3. The summed E-state index contributed by atoms with van der Waals surface area (Å²) in [5, 5.41) is 8.73. The summed E-state index contributed by atoms with van der Waals surface area (Å²) in [5.74, 6) is 1.87. The predicted octanol–water partition coefficient (Wildman–Crippen LogP) is 4.02. The molecule has 0 spiro atoms. The molecule has 0 aliphatic heterocycles. The maximum Gasteiger partial charge on any atom is 0.276 e. The van der Waals surface area contributed by atoms with Gasteiger partial charge in [-0.1, -0.05) is 49.4 Å². The topological polar surface area (TPSA) is 64.9 Å². The van der Waals surface area contributed by atoms with Crippen LogP contribution in [0.5, 0.6) is 0 Å². The number of rotatable bonds is 6. The van der Waals surface area contributed by atoms with E-state index in [1.807, 2.05) is 0 Å². The lowest BCUT2D eigenvalue weighted by atomic mass is 10.1. The fraction of sp³-hybridized carbons (Fsp3) is 0.500. The van der Waals surface area contributed by atoms with Crippen LogP contribution >= 0.6 is 11.8 Å². The monoisotopic (exact) mass is 305 g/mol. The summed E-state index contributed by atoms with van der Waals surface area (Å²) in [4.78, 5) is 0. The van der Waals surface area contributed by atoms with Crippen molar-refractivity contribution in [3.63, 3.8) is 0 Å². The molecule has 0 saturated carbocycles. The first-order valence-electron chi connectivity index (χ1n) is 7.23. The fourth-order valence-corrected chi connectivity index (χ4v) is 2.97. The van der Waals surface area contributed by atoms with Crippen LogP contribution in [0.1, 0.15) is 48.9 Å². The van der Waals surface area contributed by atoms with Crippen molar-refractivity contribution in [1.29, 1.82) is 0 Å². The third-order valence-corrected chi connectivity index (χ3v) is 4.19. The van der Waals surface area contributed by atoms with E-state index in [2.05, 4.69) is 56.1 Å². The van der Waals surface area contributed by atoms with E-state index in [0.717, 1.165) is 12.2 Å². The number of hydrogen-bond acceptors (Lipinski definition) is 5. The molecule has 2 rings (SSSR count). The second-order valence-corrected chi connectivity index (χ2v) is 6.79. The lowest BCUT2D eigenvalue weighted by Crippen LogP contribution is -2.13. The molecule has 1 heterocycles. The lowest BCUT2D eigenvalue weighted by molar-refractivity contribution is 0.361. The van der Waals surface area contributed by atoms with Crippen LogP contribution in [0.2, 0.25) is 0 Å². The first-order chi connectivity index (χ1) is 9.95. The highest BCUT2D eigenvalue weighted by Gasteiger charge is 2.16. The van der Waals surface area contributed by atoms with Crippen molar-refractivity contribution >= 4 is 11.8 Å². The van der Waals surface area contributed by atoms with E-state index < -0.39 is 0 Å². The maximum absolute atomic E-state index is 6.06. The van der Waals surface area contributed by atoms with Gasteiger partial charge in [0.2, 0.25) is 5.89 Å². The van der Waals surface area contributed by atoms with Gasteiger partial charge in [0, 0.05) is 5.75 Å². The Labute approximate surface area is 130 Å². The number of hydrogen-bond donors (Lipinski definition) is 1. The molecule has 2 N–H and O–H groups in total. The average Bonchev–Trinajstić information content (AvgIpc) is 2.88. The largest absolute Gasteiger partial charge is 0.414 e. The van der Waals surface area contributed by atoms with Crippen LogP contribution in [0.15, 0.2) is 27.8 Å². The molecule has 2 aromatic rings. The van der Waals surface area contributed by atoms with Crippen molar-refractivity contribution in [1.82, 2.24) is 10.2 Å². The number of benzene rings is 1. The molecule has 0 aliphatic rings. The van der Waals surface area contributed by atoms with E-state index in [1.165, 1.54) is 16.7 Å². The van der Waals surface area contributed by atoms with E-state index in [9.17, 15) is 0 Å². The molecule has 1 aromatic carbocycles. The summed E-state index contributed by atoms with van der Waals surface area (Å²) in [7, 11) is 0. The summed E-state index contributed by atoms with van der Waals surface area (Å²) < 4.78 is 5.65. The molecule has 0 saturated heterocycles. The van der Waals surface area contributed by atoms with E-state index in [-0.39, 0.29) is 6.04 Å². The maximum atomic E-state index is 6.06. The number of aromatic nitrogens is 2. The van der Waals surface area contributed by atoms with Crippen LogP contribution in [0.25, 0.3) is 0 Å². The molecule has 0 aliphatic carbocycles. The highest BCUT2D eigenvalue weighted by molar-refractivity contribution is 7.98. The zero-order valence-electron chi connectivity index (χ0n) is 13.1. The number of aryl methyl sites for hydroxylation is 2. The average molecular weight is 305 g/mol. The Kier molecular flexibility index (Phi) is 5.42. The molecule has 1 atom stereocenters. The van der Waals surface area contributed by atoms with Crippen LogP contribution in [-0.4, -0.2) is 10.2 Å². The van der Waals surface area contributed by atoms with Gasteiger partial charge in [0.1, 0.15) is 0 Å². The molecule has 0 amide bonds. The Bertz CT molecular complexity index is 595. The van der Waals surface area contributed by atoms with E-state index >= 15 is 0 Å². The van der Waals surface area contributed by atoms with Gasteiger partial charge in [0.15, 0.2) is 0 Å². The van der Waals surface area contributed by atoms with Crippen LogP contribution < -0.4 is 5.73 Å². The molecule has 4 nitrogen and oxygen atoms in total. The third-order valence-electron chi connectivity index (χ3n) is 3.32. The van der Waals surface area contributed by atoms with Crippen LogP contribution in [-0.2, 0) is 5.75 Å². The van der Waals surface area contributed by atoms with Gasteiger partial charge in [-0.05, 0) is 37.3 Å². The van der Waals surface area contributed by atoms with Gasteiger partial charge in [-0.15, -0.1) is 10.2 Å². The first-order valence-corrected chi connectivity index (χ1v) is 8.22. The Balaban J connectivity index is 1.98. The van der Waals surface area contributed by atoms with Crippen LogP contribution in [0, 0.1) is 19.8 Å². The smallest absolute Gasteiger partial charge is 0.276 e. The van der Waals surface area contributed by atoms with Crippen molar-refractivity contribution in [3.05, 3.63) is 40.8 Å². The predicted molar refractivity (Wildman–Crippen MR) is 86.2 cm³/mol. The molecule has 0 fully saturated rings. The Morgan fingerprint density at radius 2 is 2.00 bits per heavy atom. The van der Waals surface area contributed by atoms with Crippen LogP contribution in [0.4, 0.5) is 0 Å². The lowest BCUT2D eigenvalue weighted by Gasteiger charge is -2.08. The quantitative estimate of drug-likeness (QED) is 0.816. The van der Waals surface area contributed by atoms with Gasteiger partial charge < -0.3 is 10.2 Å². The van der Waals surface area contributed by atoms with Gasteiger partial charge in [-0.25, -0.2) is 0 Å². The second-order valence-electron chi connectivity index (χ2n) is 5.86. The summed E-state index contributed by atoms with van der Waals surface area (Å²) in [6.07, 6.45) is 0.850. The van der Waals surface area contributed by atoms with Gasteiger partial charge in [-0.3, -0.25) is 0 Å². The molecule has 1 aromatic heterocycles. The van der Waals surface area contributed by atoms with Crippen LogP contribution in [0.3, 0.4) is 0 Å². The van der Waals surface area contributed by atoms with E-state index in [1.54, 1.807) is 11.8 Å². The highest BCUT2D eigenvalue weighted by Crippen LogP contribution is 2.26. The van der Waals surface area contributed by atoms with E-state index in [0.29, 0.717) is 17.0 Å². The van der Waals surface area contributed by atoms with Crippen molar-refractivity contribution in [2.24, 2.45) is 11.7 Å². The van der Waals surface area contributed by atoms with Gasteiger partial charge in [0.05, 0.1) is 6.04 Å². The molecular weight excluding hydrogens is 282 g/mol. The highest BCUT2D eigenvalue weighted by atomic mass is 32.2. The summed E-state index contributed by atoms with van der Waals surface area (Å²) in [6.45, 7) is 8.48. The zero-order chi connectivity index (χ0) is 15.4. The summed E-state index contributed by atoms with van der Waals surface area (Å²) in [5.41, 5.74) is 9.90. The second kappa shape index (κ2) is 7.09. The Morgan fingerprint density at radius 3 is 2.71 bits per heavy atom. The van der Waals surface area contributed by atoms with Crippen molar-refractivity contribution < 1.29 is 4.42 Å². The van der Waals surface area contributed by atoms with Crippen molar-refractivity contribution in [2.75, 3.05) is 0 Å². The minimum Gasteiger partial charge on any atom is -0.414 e. The zero-order valence-corrected chi connectivity index (χ0v) is 13.9. The number of thioether (sulfide) groups is 1. The number of nitrogens with two attached hydrogens (primary N) is 1. The normalized spacial score (nSPS) is 12.9. The van der Waals surface area contributed by atoms with Crippen molar-refractivity contribution in [3.8, 4) is 0 Å². The SMILES string of the molecule is Cc1ccc(C)c(CSc2nnc(C(N)CC(C)C)o2)c1. The minimum atomic E-state index is -0.174. The van der Waals surface area contributed by atoms with E-state index in [4.69, 9.17) is 10.2 Å². The summed E-state index contributed by atoms with van der Waals surface area (Å²) in [6, 6.07) is 6.29. The molecule has 0 bridgehead atoms. The molecule has 21 heavy (non-hydrogen) atoms. The Morgan fingerprint density at radius 1 is 1.24 bits per heavy atom. The van der Waals surface area contributed by atoms with Gasteiger partial charge in [0.25, 0.3) is 5.22 Å². The Hall–Kier alpha value is -1.33. The first kappa shape index (κ1) is 16.0.